The van der Waals surface area contributed by atoms with Crippen molar-refractivity contribution in [3.05, 3.63) is 24.3 Å². The number of primary sulfonamides is 1. The van der Waals surface area contributed by atoms with Crippen LogP contribution in [0.4, 0.5) is 0 Å². The second-order valence-electron chi connectivity index (χ2n) is 6.46. The van der Waals surface area contributed by atoms with E-state index in [0.717, 1.165) is 6.07 Å². The van der Waals surface area contributed by atoms with Crippen LogP contribution in [0.2, 0.25) is 0 Å². The predicted molar refractivity (Wildman–Crippen MR) is 85.7 cm³/mol. The second-order valence-corrected chi connectivity index (χ2v) is 9.73. The van der Waals surface area contributed by atoms with E-state index in [1.807, 2.05) is 20.8 Å². The van der Waals surface area contributed by atoms with Gasteiger partial charge in [-0.15, -0.1) is 0 Å². The van der Waals surface area contributed by atoms with E-state index in [4.69, 9.17) is 9.88 Å². The van der Waals surface area contributed by atoms with Gasteiger partial charge in [0, 0.05) is 18.6 Å². The third-order valence-electron chi connectivity index (χ3n) is 4.52. The third kappa shape index (κ3) is 3.29. The van der Waals surface area contributed by atoms with Gasteiger partial charge in [-0.2, -0.15) is 0 Å². The molecule has 2 rings (SSSR count). The lowest BCUT2D eigenvalue weighted by Crippen LogP contribution is -2.67. The Balaban J connectivity index is 2.31. The Morgan fingerprint density at radius 1 is 1.17 bits per heavy atom. The largest absolute Gasteiger partial charge is 0.380 e. The normalized spacial score (nSPS) is 27.4. The smallest absolute Gasteiger partial charge is 0.240 e. The number of nitrogens with two attached hydrogens (primary N) is 1. The van der Waals surface area contributed by atoms with Crippen molar-refractivity contribution in [2.24, 2.45) is 16.5 Å². The highest BCUT2D eigenvalue weighted by atomic mass is 32.2. The maximum Gasteiger partial charge on any atom is 0.240 e. The number of rotatable bonds is 5. The van der Waals surface area contributed by atoms with Gasteiger partial charge in [-0.1, -0.05) is 26.8 Å². The molecule has 1 aromatic carbocycles. The van der Waals surface area contributed by atoms with Gasteiger partial charge in [-0.05, 0) is 24.1 Å². The maximum atomic E-state index is 12.6. The summed E-state index contributed by atoms with van der Waals surface area (Å²) in [5, 5.41) is 5.05. The van der Waals surface area contributed by atoms with Crippen molar-refractivity contribution in [3.63, 3.8) is 0 Å². The molecule has 1 fully saturated rings. The van der Waals surface area contributed by atoms with E-state index in [0.29, 0.717) is 0 Å². The molecule has 0 amide bonds. The van der Waals surface area contributed by atoms with E-state index in [2.05, 4.69) is 4.72 Å². The predicted octanol–water partition coefficient (Wildman–Crippen LogP) is 0.672. The lowest BCUT2D eigenvalue weighted by atomic mass is 9.58. The summed E-state index contributed by atoms with van der Waals surface area (Å²) in [7, 11) is -6.23. The zero-order valence-corrected chi connectivity index (χ0v) is 15.1. The number of hydrogen-bond donors (Lipinski definition) is 2. The summed E-state index contributed by atoms with van der Waals surface area (Å²) < 4.78 is 55.9. The molecule has 0 spiro atoms. The quantitative estimate of drug-likeness (QED) is 0.799. The van der Waals surface area contributed by atoms with Gasteiger partial charge in [-0.25, -0.2) is 26.7 Å². The van der Waals surface area contributed by atoms with Crippen LogP contribution in [0.15, 0.2) is 34.1 Å². The van der Waals surface area contributed by atoms with Crippen LogP contribution in [0, 0.1) is 11.3 Å². The molecule has 3 unspecified atom stereocenters. The van der Waals surface area contributed by atoms with E-state index in [-0.39, 0.29) is 33.3 Å². The zero-order valence-electron chi connectivity index (χ0n) is 13.5. The van der Waals surface area contributed by atoms with E-state index in [1.54, 1.807) is 7.11 Å². The van der Waals surface area contributed by atoms with E-state index in [1.165, 1.54) is 18.2 Å². The van der Waals surface area contributed by atoms with Gasteiger partial charge >= 0.3 is 0 Å². The van der Waals surface area contributed by atoms with Gasteiger partial charge in [0.15, 0.2) is 0 Å². The van der Waals surface area contributed by atoms with Crippen LogP contribution in [0.3, 0.4) is 0 Å². The highest BCUT2D eigenvalue weighted by Crippen LogP contribution is 2.47. The molecule has 0 radical (unpaired) electrons. The summed E-state index contributed by atoms with van der Waals surface area (Å²) in [5.74, 6) is 0.00574. The van der Waals surface area contributed by atoms with Gasteiger partial charge in [0.05, 0.1) is 15.9 Å². The molecule has 3 atom stereocenters. The van der Waals surface area contributed by atoms with Crippen molar-refractivity contribution in [3.8, 4) is 0 Å². The Bertz CT molecular complexity index is 802. The van der Waals surface area contributed by atoms with Crippen LogP contribution >= 0.6 is 0 Å². The van der Waals surface area contributed by atoms with E-state index in [9.17, 15) is 16.8 Å². The number of methoxy groups -OCH3 is 1. The lowest BCUT2D eigenvalue weighted by molar-refractivity contribution is -0.138. The Morgan fingerprint density at radius 2 is 1.74 bits per heavy atom. The molecule has 1 aliphatic rings. The van der Waals surface area contributed by atoms with Gasteiger partial charge < -0.3 is 4.74 Å². The molecular formula is C14H22N2O5S2. The molecule has 0 saturated heterocycles. The Kier molecular flexibility index (Phi) is 4.64. The molecule has 0 heterocycles. The molecule has 23 heavy (non-hydrogen) atoms. The van der Waals surface area contributed by atoms with Crippen LogP contribution in [-0.4, -0.2) is 36.1 Å². The highest BCUT2D eigenvalue weighted by molar-refractivity contribution is 7.90. The molecule has 7 nitrogen and oxygen atoms in total. The summed E-state index contributed by atoms with van der Waals surface area (Å²) in [5.41, 5.74) is -0.362. The van der Waals surface area contributed by atoms with Crippen LogP contribution in [0.1, 0.15) is 20.8 Å². The fourth-order valence-corrected chi connectivity index (χ4v) is 5.58. The summed E-state index contributed by atoms with van der Waals surface area (Å²) in [4.78, 5) is -0.371. The van der Waals surface area contributed by atoms with Crippen molar-refractivity contribution < 1.29 is 21.6 Å². The monoisotopic (exact) mass is 362 g/mol. The first-order chi connectivity index (χ1) is 10.4. The van der Waals surface area contributed by atoms with Crippen LogP contribution in [0.25, 0.3) is 0 Å². The first-order valence-electron chi connectivity index (χ1n) is 7.09. The lowest BCUT2D eigenvalue weighted by Gasteiger charge is -2.56. The van der Waals surface area contributed by atoms with Gasteiger partial charge in [0.1, 0.15) is 0 Å². The SMILES string of the molecule is COC1C(C)C(NS(=O)(=O)c2cccc(S(N)(=O)=O)c2)C1(C)C. The Labute approximate surface area is 137 Å². The first kappa shape index (κ1) is 18.3. The standard InChI is InChI=1S/C14H22N2O5S2/c1-9-12(14(2,3)13(9)21-4)16-23(19,20)11-7-5-6-10(8-11)22(15,17)18/h5-9,12-13,16H,1-4H3,(H2,15,17,18). The molecule has 0 aromatic heterocycles. The summed E-state index contributed by atoms with van der Waals surface area (Å²) in [6.07, 6.45) is -0.0500. The van der Waals surface area contributed by atoms with Crippen LogP contribution in [-0.2, 0) is 24.8 Å². The fourth-order valence-electron chi connectivity index (χ4n) is 3.42. The summed E-state index contributed by atoms with van der Waals surface area (Å²) >= 11 is 0. The van der Waals surface area contributed by atoms with Crippen molar-refractivity contribution in [2.75, 3.05) is 7.11 Å². The van der Waals surface area contributed by atoms with Crippen LogP contribution < -0.4 is 9.86 Å². The van der Waals surface area contributed by atoms with Crippen molar-refractivity contribution in [1.82, 2.24) is 4.72 Å². The minimum absolute atomic E-state index is 0.00574. The first-order valence-corrected chi connectivity index (χ1v) is 10.1. The average Bonchev–Trinajstić information content (AvgIpc) is 2.44. The van der Waals surface area contributed by atoms with Crippen LogP contribution in [0.5, 0.6) is 0 Å². The molecular weight excluding hydrogens is 340 g/mol. The molecule has 0 bridgehead atoms. The summed E-state index contributed by atoms with van der Waals surface area (Å²) in [6.45, 7) is 5.76. The number of nitrogens with one attached hydrogen (secondary N) is 1. The molecule has 1 saturated carbocycles. The minimum Gasteiger partial charge on any atom is -0.380 e. The highest BCUT2D eigenvalue weighted by Gasteiger charge is 2.55. The molecule has 1 aliphatic carbocycles. The number of sulfonamides is 2. The number of ether oxygens (including phenoxy) is 1. The van der Waals surface area contributed by atoms with Crippen molar-refractivity contribution >= 4 is 20.0 Å². The fraction of sp³-hybridized carbons (Fsp3) is 0.571. The zero-order chi connectivity index (χ0) is 17.6. The Morgan fingerprint density at radius 3 is 2.22 bits per heavy atom. The van der Waals surface area contributed by atoms with Crippen molar-refractivity contribution in [2.45, 2.75) is 42.7 Å². The van der Waals surface area contributed by atoms with Gasteiger partial charge in [0.25, 0.3) is 0 Å². The number of hydrogen-bond acceptors (Lipinski definition) is 5. The second kappa shape index (κ2) is 5.82. The molecule has 9 heteroatoms. The molecule has 1 aromatic rings. The Hall–Kier alpha value is -1.00. The summed E-state index contributed by atoms with van der Waals surface area (Å²) in [6, 6.07) is 4.69. The average molecular weight is 362 g/mol. The minimum atomic E-state index is -3.96. The molecule has 0 aliphatic heterocycles. The van der Waals surface area contributed by atoms with E-state index < -0.39 is 20.0 Å². The third-order valence-corrected chi connectivity index (χ3v) is 6.87. The topological polar surface area (TPSA) is 116 Å². The number of benzene rings is 1. The van der Waals surface area contributed by atoms with Gasteiger partial charge in [0.2, 0.25) is 20.0 Å². The van der Waals surface area contributed by atoms with Gasteiger partial charge in [-0.3, -0.25) is 0 Å². The molecule has 3 N–H and O–H groups in total. The van der Waals surface area contributed by atoms with E-state index >= 15 is 0 Å². The maximum absolute atomic E-state index is 12.6. The molecule has 130 valence electrons. The van der Waals surface area contributed by atoms with Crippen molar-refractivity contribution in [1.29, 1.82) is 0 Å².